The van der Waals surface area contributed by atoms with Crippen molar-refractivity contribution in [1.82, 2.24) is 0 Å². The van der Waals surface area contributed by atoms with Crippen LogP contribution in [0, 0.1) is 5.82 Å². The Morgan fingerprint density at radius 1 is 1.05 bits per heavy atom. The maximum Gasteiger partial charge on any atom is 0.147 e. The van der Waals surface area contributed by atoms with Crippen LogP contribution in [-0.4, -0.2) is 5.11 Å². The molecule has 0 amide bonds. The number of hydrogen-bond acceptors (Lipinski definition) is 1. The van der Waals surface area contributed by atoms with Crippen LogP contribution in [0.4, 0.5) is 4.39 Å². The summed E-state index contributed by atoms with van der Waals surface area (Å²) in [6, 6.07) is 12.2. The van der Waals surface area contributed by atoms with Gasteiger partial charge in [0.25, 0.3) is 0 Å². The van der Waals surface area contributed by atoms with Crippen molar-refractivity contribution in [3.05, 3.63) is 70.0 Å². The van der Waals surface area contributed by atoms with Crippen LogP contribution in [0.25, 0.3) is 0 Å². The average molecular weight is 293 g/mol. The molecule has 2 aromatic carbocycles. The highest BCUT2D eigenvalue weighted by Crippen LogP contribution is 2.29. The van der Waals surface area contributed by atoms with Gasteiger partial charge >= 0.3 is 0 Å². The fourth-order valence-corrected chi connectivity index (χ4v) is 2.26. The highest BCUT2D eigenvalue weighted by atomic mass is 35.5. The van der Waals surface area contributed by atoms with Crippen LogP contribution in [0.15, 0.2) is 42.5 Å². The van der Waals surface area contributed by atoms with E-state index in [0.29, 0.717) is 5.56 Å². The van der Waals surface area contributed by atoms with Crippen LogP contribution in [0.2, 0.25) is 5.02 Å². The molecule has 1 nitrogen and oxygen atoms in total. The van der Waals surface area contributed by atoms with E-state index < -0.39 is 11.9 Å². The molecule has 0 aliphatic carbocycles. The molecule has 0 saturated carbocycles. The third-order valence-corrected chi connectivity index (χ3v) is 3.66. The first-order valence-corrected chi connectivity index (χ1v) is 6.91. The molecule has 0 aliphatic heterocycles. The molecule has 0 aliphatic rings. The zero-order chi connectivity index (χ0) is 14.9. The Kier molecular flexibility index (Phi) is 4.17. The van der Waals surface area contributed by atoms with Crippen molar-refractivity contribution in [2.75, 3.05) is 0 Å². The molecule has 3 heteroatoms. The number of aliphatic hydroxyl groups is 1. The van der Waals surface area contributed by atoms with E-state index in [9.17, 15) is 9.50 Å². The average Bonchev–Trinajstić information content (AvgIpc) is 2.40. The van der Waals surface area contributed by atoms with Crippen molar-refractivity contribution in [2.24, 2.45) is 0 Å². The van der Waals surface area contributed by atoms with E-state index in [4.69, 9.17) is 11.6 Å². The van der Waals surface area contributed by atoms with Crippen LogP contribution in [0.5, 0.6) is 0 Å². The van der Waals surface area contributed by atoms with Crippen LogP contribution >= 0.6 is 11.6 Å². The highest BCUT2D eigenvalue weighted by molar-refractivity contribution is 6.30. The Labute approximate surface area is 124 Å². The summed E-state index contributed by atoms with van der Waals surface area (Å²) in [5, 5.41) is 10.3. The summed E-state index contributed by atoms with van der Waals surface area (Å²) in [5.74, 6) is -0.568. The van der Waals surface area contributed by atoms with E-state index in [-0.39, 0.29) is 16.0 Å². The van der Waals surface area contributed by atoms with Gasteiger partial charge in [-0.2, -0.15) is 0 Å². The standard InChI is InChI=1S/C17H18ClFO/c1-17(2,3)12-9-7-11(8-10-12)16(20)13-5-4-6-14(18)15(13)19/h4-10,16,20H,1-3H3. The molecule has 0 spiro atoms. The van der Waals surface area contributed by atoms with Gasteiger partial charge in [-0.1, -0.05) is 68.8 Å². The molecule has 1 unspecified atom stereocenters. The Hall–Kier alpha value is -1.38. The number of benzene rings is 2. The Morgan fingerprint density at radius 2 is 1.65 bits per heavy atom. The van der Waals surface area contributed by atoms with Gasteiger partial charge < -0.3 is 5.11 Å². The Bertz CT molecular complexity index is 599. The number of rotatable bonds is 2. The molecule has 0 radical (unpaired) electrons. The normalized spacial score (nSPS) is 13.3. The monoisotopic (exact) mass is 292 g/mol. The number of halogens is 2. The maximum absolute atomic E-state index is 13.9. The minimum Gasteiger partial charge on any atom is -0.384 e. The second kappa shape index (κ2) is 5.55. The van der Waals surface area contributed by atoms with Gasteiger partial charge in [0.15, 0.2) is 0 Å². The summed E-state index contributed by atoms with van der Waals surface area (Å²) in [7, 11) is 0. The third kappa shape index (κ3) is 3.02. The zero-order valence-electron chi connectivity index (χ0n) is 11.8. The lowest BCUT2D eigenvalue weighted by atomic mass is 9.86. The SMILES string of the molecule is CC(C)(C)c1ccc(C(O)c2cccc(Cl)c2F)cc1. The minimum atomic E-state index is -1.01. The minimum absolute atomic E-state index is 0.0212. The summed E-state index contributed by atoms with van der Waals surface area (Å²) in [6.45, 7) is 6.36. The van der Waals surface area contributed by atoms with E-state index in [2.05, 4.69) is 20.8 Å². The van der Waals surface area contributed by atoms with Crippen molar-refractivity contribution in [2.45, 2.75) is 32.3 Å². The van der Waals surface area contributed by atoms with Crippen molar-refractivity contribution < 1.29 is 9.50 Å². The molecule has 2 rings (SSSR count). The largest absolute Gasteiger partial charge is 0.384 e. The van der Waals surface area contributed by atoms with Gasteiger partial charge in [-0.15, -0.1) is 0 Å². The summed E-state index contributed by atoms with van der Waals surface area (Å²) >= 11 is 5.74. The van der Waals surface area contributed by atoms with Crippen molar-refractivity contribution in [3.63, 3.8) is 0 Å². The van der Waals surface area contributed by atoms with Crippen molar-refractivity contribution in [3.8, 4) is 0 Å². The first-order valence-electron chi connectivity index (χ1n) is 6.53. The van der Waals surface area contributed by atoms with E-state index >= 15 is 0 Å². The first kappa shape index (κ1) is 15.0. The van der Waals surface area contributed by atoms with Crippen molar-refractivity contribution in [1.29, 1.82) is 0 Å². The maximum atomic E-state index is 13.9. The van der Waals surface area contributed by atoms with Crippen LogP contribution in [0.3, 0.4) is 0 Å². The molecular weight excluding hydrogens is 275 g/mol. The fourth-order valence-electron chi connectivity index (χ4n) is 2.08. The molecule has 0 bridgehead atoms. The van der Waals surface area contributed by atoms with Gasteiger partial charge in [0.05, 0.1) is 5.02 Å². The molecule has 0 saturated heterocycles. The zero-order valence-corrected chi connectivity index (χ0v) is 12.6. The third-order valence-electron chi connectivity index (χ3n) is 3.37. The molecule has 1 atom stereocenters. The fraction of sp³-hybridized carbons (Fsp3) is 0.294. The lowest BCUT2D eigenvalue weighted by Crippen LogP contribution is -2.11. The second-order valence-corrected chi connectivity index (χ2v) is 6.32. The molecule has 106 valence electrons. The van der Waals surface area contributed by atoms with E-state index in [1.165, 1.54) is 11.6 Å². The number of hydrogen-bond donors (Lipinski definition) is 1. The molecule has 2 aromatic rings. The summed E-state index contributed by atoms with van der Waals surface area (Å²) in [6.07, 6.45) is -1.01. The number of aliphatic hydroxyl groups excluding tert-OH is 1. The smallest absolute Gasteiger partial charge is 0.147 e. The van der Waals surface area contributed by atoms with Gasteiger partial charge in [-0.05, 0) is 22.6 Å². The first-order chi connectivity index (χ1) is 9.30. The van der Waals surface area contributed by atoms with Crippen LogP contribution in [0.1, 0.15) is 43.6 Å². The molecular formula is C17H18ClFO. The van der Waals surface area contributed by atoms with E-state index in [0.717, 1.165) is 0 Å². The van der Waals surface area contributed by atoms with E-state index in [1.807, 2.05) is 24.3 Å². The molecule has 1 N–H and O–H groups in total. The second-order valence-electron chi connectivity index (χ2n) is 5.92. The van der Waals surface area contributed by atoms with Gasteiger partial charge in [0.2, 0.25) is 0 Å². The van der Waals surface area contributed by atoms with Gasteiger partial charge in [0.1, 0.15) is 11.9 Å². The highest BCUT2D eigenvalue weighted by Gasteiger charge is 2.18. The van der Waals surface area contributed by atoms with Gasteiger partial charge in [0, 0.05) is 5.56 Å². The molecule has 0 heterocycles. The summed E-state index contributed by atoms with van der Waals surface area (Å²) in [4.78, 5) is 0. The summed E-state index contributed by atoms with van der Waals surface area (Å²) < 4.78 is 13.9. The van der Waals surface area contributed by atoms with Crippen molar-refractivity contribution >= 4 is 11.6 Å². The van der Waals surface area contributed by atoms with Crippen LogP contribution < -0.4 is 0 Å². The Balaban J connectivity index is 2.34. The lowest BCUT2D eigenvalue weighted by molar-refractivity contribution is 0.215. The predicted octanol–water partition coefficient (Wildman–Crippen LogP) is 4.86. The van der Waals surface area contributed by atoms with E-state index in [1.54, 1.807) is 12.1 Å². The molecule has 0 fully saturated rings. The quantitative estimate of drug-likeness (QED) is 0.838. The molecule has 0 aromatic heterocycles. The van der Waals surface area contributed by atoms with Gasteiger partial charge in [-0.25, -0.2) is 4.39 Å². The Morgan fingerprint density at radius 3 is 2.20 bits per heavy atom. The topological polar surface area (TPSA) is 20.2 Å². The lowest BCUT2D eigenvalue weighted by Gasteiger charge is -2.20. The van der Waals surface area contributed by atoms with Crippen LogP contribution in [-0.2, 0) is 5.41 Å². The summed E-state index contributed by atoms with van der Waals surface area (Å²) in [5.41, 5.74) is 2.06. The molecule has 20 heavy (non-hydrogen) atoms. The predicted molar refractivity (Wildman–Crippen MR) is 80.6 cm³/mol. The van der Waals surface area contributed by atoms with Gasteiger partial charge in [-0.3, -0.25) is 0 Å².